The van der Waals surface area contributed by atoms with E-state index in [9.17, 15) is 0 Å². The van der Waals surface area contributed by atoms with Gasteiger partial charge in [-0.1, -0.05) is 12.1 Å². The van der Waals surface area contributed by atoms with Gasteiger partial charge in [0.05, 0.1) is 18.2 Å². The van der Waals surface area contributed by atoms with Gasteiger partial charge in [0.1, 0.15) is 5.82 Å². The molecule has 1 aliphatic rings. The van der Waals surface area contributed by atoms with E-state index in [0.29, 0.717) is 12.1 Å². The van der Waals surface area contributed by atoms with E-state index in [0.717, 1.165) is 50.3 Å². The first-order valence-electron chi connectivity index (χ1n) is 9.12. The van der Waals surface area contributed by atoms with E-state index < -0.39 is 0 Å². The molecule has 0 radical (unpaired) electrons. The second-order valence-electron chi connectivity index (χ2n) is 6.70. The number of aryl methyl sites for hydroxylation is 1. The van der Waals surface area contributed by atoms with E-state index >= 15 is 0 Å². The Balaban J connectivity index is 0.00000280. The van der Waals surface area contributed by atoms with E-state index in [1.165, 1.54) is 5.56 Å². The molecular weight excluding hydrogens is 467 g/mol. The fraction of sp³-hybridized carbons (Fsp3) is 0.474. The van der Waals surface area contributed by atoms with Gasteiger partial charge in [-0.05, 0) is 24.6 Å². The molecule has 3 rings (SSSR count). The van der Waals surface area contributed by atoms with Crippen LogP contribution in [0.15, 0.2) is 29.3 Å². The van der Waals surface area contributed by atoms with Crippen LogP contribution in [-0.4, -0.2) is 63.8 Å². The third-order valence-corrected chi connectivity index (χ3v) is 4.96. The molecule has 8 nitrogen and oxygen atoms in total. The highest BCUT2D eigenvalue weighted by atomic mass is 127. The molecule has 1 aliphatic heterocycles. The van der Waals surface area contributed by atoms with Gasteiger partial charge in [-0.15, -0.1) is 34.2 Å². The number of piperazine rings is 1. The van der Waals surface area contributed by atoms with Gasteiger partial charge in [-0.2, -0.15) is 5.26 Å². The maximum absolute atomic E-state index is 8.90. The highest BCUT2D eigenvalue weighted by Crippen LogP contribution is 2.10. The zero-order valence-corrected chi connectivity index (χ0v) is 18.9. The molecule has 2 aromatic rings. The maximum atomic E-state index is 8.90. The van der Waals surface area contributed by atoms with E-state index in [4.69, 9.17) is 5.26 Å². The number of rotatable bonds is 4. The molecule has 1 aromatic heterocycles. The van der Waals surface area contributed by atoms with Gasteiger partial charge < -0.3 is 14.8 Å². The normalized spacial score (nSPS) is 15.1. The fourth-order valence-electron chi connectivity index (χ4n) is 3.16. The smallest absolute Gasteiger partial charge is 0.194 e. The topological polar surface area (TPSA) is 85.4 Å². The van der Waals surface area contributed by atoms with Crippen molar-refractivity contribution < 1.29 is 0 Å². The molecular formula is C19H27IN8. The minimum atomic E-state index is 0. The van der Waals surface area contributed by atoms with Crippen molar-refractivity contribution in [1.82, 2.24) is 29.9 Å². The van der Waals surface area contributed by atoms with Crippen LogP contribution in [0, 0.1) is 18.3 Å². The number of aliphatic imine (C=N–C) groups is 1. The van der Waals surface area contributed by atoms with Gasteiger partial charge in [-0.3, -0.25) is 9.89 Å². The summed E-state index contributed by atoms with van der Waals surface area (Å²) < 4.78 is 1.98. The van der Waals surface area contributed by atoms with E-state index in [1.54, 1.807) is 0 Å². The number of hydrogen-bond donors (Lipinski definition) is 1. The Morgan fingerprint density at radius 1 is 1.18 bits per heavy atom. The lowest BCUT2D eigenvalue weighted by molar-refractivity contribution is 0.172. The predicted molar refractivity (Wildman–Crippen MR) is 119 cm³/mol. The van der Waals surface area contributed by atoms with Crippen LogP contribution >= 0.6 is 24.0 Å². The molecule has 1 saturated heterocycles. The summed E-state index contributed by atoms with van der Waals surface area (Å²) in [5.41, 5.74) is 1.94. The predicted octanol–water partition coefficient (Wildman–Crippen LogP) is 1.51. The largest absolute Gasteiger partial charge is 0.349 e. The maximum Gasteiger partial charge on any atom is 0.194 e. The molecule has 2 heterocycles. The summed E-state index contributed by atoms with van der Waals surface area (Å²) in [4.78, 5) is 9.12. The first-order chi connectivity index (χ1) is 13.1. The van der Waals surface area contributed by atoms with Crippen molar-refractivity contribution >= 4 is 29.9 Å². The lowest BCUT2D eigenvalue weighted by Gasteiger charge is -2.36. The van der Waals surface area contributed by atoms with Crippen molar-refractivity contribution in [3.8, 4) is 6.07 Å². The summed E-state index contributed by atoms with van der Waals surface area (Å²) in [6.07, 6.45) is 0. The lowest BCUT2D eigenvalue weighted by Crippen LogP contribution is -2.52. The van der Waals surface area contributed by atoms with Crippen LogP contribution < -0.4 is 5.32 Å². The van der Waals surface area contributed by atoms with Crippen LogP contribution in [-0.2, 0) is 20.1 Å². The fourth-order valence-corrected chi connectivity index (χ4v) is 3.16. The molecule has 150 valence electrons. The van der Waals surface area contributed by atoms with Crippen LogP contribution in [0.1, 0.15) is 22.8 Å². The number of benzene rings is 1. The van der Waals surface area contributed by atoms with Gasteiger partial charge in [0.25, 0.3) is 0 Å². The first-order valence-corrected chi connectivity index (χ1v) is 9.12. The zero-order chi connectivity index (χ0) is 19.2. The molecule has 0 saturated carbocycles. The molecule has 0 amide bonds. The van der Waals surface area contributed by atoms with Crippen molar-refractivity contribution in [2.24, 2.45) is 12.0 Å². The molecule has 9 heteroatoms. The zero-order valence-electron chi connectivity index (χ0n) is 16.6. The number of nitrogens with zero attached hydrogens (tertiary/aromatic N) is 7. The van der Waals surface area contributed by atoms with Gasteiger partial charge in [0.2, 0.25) is 0 Å². The Kier molecular flexibility index (Phi) is 8.19. The van der Waals surface area contributed by atoms with Gasteiger partial charge in [-0.25, -0.2) is 0 Å². The monoisotopic (exact) mass is 494 g/mol. The SMILES string of the molecule is CN=C(NCc1nnc(C)n1C)N1CCN(Cc2ccc(C#N)cc2)CC1.I. The van der Waals surface area contributed by atoms with Crippen LogP contribution in [0.5, 0.6) is 0 Å². The summed E-state index contributed by atoms with van der Waals surface area (Å²) in [5, 5.41) is 20.6. The summed E-state index contributed by atoms with van der Waals surface area (Å²) in [6.45, 7) is 7.26. The van der Waals surface area contributed by atoms with Crippen LogP contribution in [0.2, 0.25) is 0 Å². The highest BCUT2D eigenvalue weighted by Gasteiger charge is 2.20. The third-order valence-electron chi connectivity index (χ3n) is 4.96. The number of nitrogens with one attached hydrogen (secondary N) is 1. The summed E-state index contributed by atoms with van der Waals surface area (Å²) in [6, 6.07) is 9.99. The molecule has 0 spiro atoms. The molecule has 1 fully saturated rings. The average molecular weight is 494 g/mol. The quantitative estimate of drug-likeness (QED) is 0.394. The number of halogens is 1. The van der Waals surface area contributed by atoms with E-state index in [2.05, 4.69) is 36.4 Å². The molecule has 0 bridgehead atoms. The molecule has 0 atom stereocenters. The van der Waals surface area contributed by atoms with Crippen LogP contribution in [0.25, 0.3) is 0 Å². The Bertz CT molecular complexity index is 829. The van der Waals surface area contributed by atoms with Crippen LogP contribution in [0.3, 0.4) is 0 Å². The van der Waals surface area contributed by atoms with E-state index in [1.807, 2.05) is 49.9 Å². The highest BCUT2D eigenvalue weighted by molar-refractivity contribution is 14.0. The minimum absolute atomic E-state index is 0. The minimum Gasteiger partial charge on any atom is -0.349 e. The van der Waals surface area contributed by atoms with Crippen molar-refractivity contribution in [1.29, 1.82) is 5.26 Å². The average Bonchev–Trinajstić information content (AvgIpc) is 3.02. The number of aromatic nitrogens is 3. The van der Waals surface area contributed by atoms with Crippen molar-refractivity contribution in [2.75, 3.05) is 33.2 Å². The summed E-state index contributed by atoms with van der Waals surface area (Å²) in [5.74, 6) is 2.69. The Morgan fingerprint density at radius 2 is 1.86 bits per heavy atom. The molecule has 1 aromatic carbocycles. The number of hydrogen-bond acceptors (Lipinski definition) is 5. The second kappa shape index (κ2) is 10.4. The standard InChI is InChI=1S/C19H26N8.HI/c1-15-23-24-18(25(15)3)13-22-19(21-2)27-10-8-26(9-11-27)14-17-6-4-16(12-20)5-7-17;/h4-7H,8-11,13-14H2,1-3H3,(H,21,22);1H. The molecule has 28 heavy (non-hydrogen) atoms. The van der Waals surface area contributed by atoms with Gasteiger partial charge in [0, 0.05) is 46.8 Å². The Morgan fingerprint density at radius 3 is 2.39 bits per heavy atom. The van der Waals surface area contributed by atoms with Gasteiger partial charge in [0.15, 0.2) is 11.8 Å². The van der Waals surface area contributed by atoms with Crippen molar-refractivity contribution in [3.63, 3.8) is 0 Å². The second-order valence-corrected chi connectivity index (χ2v) is 6.70. The Hall–Kier alpha value is -2.19. The summed E-state index contributed by atoms with van der Waals surface area (Å²) in [7, 11) is 3.78. The molecule has 1 N–H and O–H groups in total. The van der Waals surface area contributed by atoms with Gasteiger partial charge >= 0.3 is 0 Å². The molecule has 0 unspecified atom stereocenters. The number of guanidine groups is 1. The van der Waals surface area contributed by atoms with Crippen molar-refractivity contribution in [3.05, 3.63) is 47.0 Å². The number of nitriles is 1. The van der Waals surface area contributed by atoms with Crippen molar-refractivity contribution in [2.45, 2.75) is 20.0 Å². The first kappa shape index (κ1) is 22.1. The van der Waals surface area contributed by atoms with E-state index in [-0.39, 0.29) is 24.0 Å². The summed E-state index contributed by atoms with van der Waals surface area (Å²) >= 11 is 0. The third kappa shape index (κ3) is 5.42. The lowest BCUT2D eigenvalue weighted by atomic mass is 10.1. The Labute approximate surface area is 183 Å². The van der Waals surface area contributed by atoms with Crippen LogP contribution in [0.4, 0.5) is 0 Å². The molecule has 0 aliphatic carbocycles.